The molecule has 2 aliphatic rings. The van der Waals surface area contributed by atoms with Crippen LogP contribution in [0.2, 0.25) is 0 Å². The Balaban J connectivity index is 1.54. The number of nitrogens with two attached hydrogens (primary N) is 1. The minimum Gasteiger partial charge on any atom is -0.398 e. The average molecular weight is 463 g/mol. The van der Waals surface area contributed by atoms with Crippen molar-refractivity contribution in [1.82, 2.24) is 14.9 Å². The number of aromatic nitrogens is 2. The first kappa shape index (κ1) is 23.1. The molecule has 34 heavy (non-hydrogen) atoms. The Kier molecular flexibility index (Phi) is 6.70. The number of aryl methyl sites for hydroxylation is 1. The predicted molar refractivity (Wildman–Crippen MR) is 123 cm³/mol. The van der Waals surface area contributed by atoms with Gasteiger partial charge < -0.3 is 15.4 Å². The van der Waals surface area contributed by atoms with E-state index in [0.29, 0.717) is 56.7 Å². The number of rotatable bonds is 5. The van der Waals surface area contributed by atoms with Gasteiger partial charge in [-0.1, -0.05) is 0 Å². The van der Waals surface area contributed by atoms with Crippen LogP contribution in [-0.2, 0) is 22.5 Å². The number of hydrogen-bond acceptors (Lipinski definition) is 8. The van der Waals surface area contributed by atoms with Crippen LogP contribution < -0.4 is 16.0 Å². The summed E-state index contributed by atoms with van der Waals surface area (Å²) < 4.78 is 5.31. The number of nitrogens with zero attached hydrogens (tertiary/aromatic N) is 5. The van der Waals surface area contributed by atoms with Gasteiger partial charge in [-0.15, -0.1) is 0 Å². The Morgan fingerprint density at radius 2 is 2.26 bits per heavy atom. The van der Waals surface area contributed by atoms with Crippen molar-refractivity contribution in [2.24, 2.45) is 5.92 Å². The second kappa shape index (κ2) is 9.84. The lowest BCUT2D eigenvalue weighted by molar-refractivity contribution is -0.134. The molecule has 0 bridgehead atoms. The maximum absolute atomic E-state index is 13.0. The van der Waals surface area contributed by atoms with E-state index in [1.54, 1.807) is 11.9 Å². The van der Waals surface area contributed by atoms with Crippen LogP contribution in [-0.4, -0.2) is 59.9 Å². The van der Waals surface area contributed by atoms with Crippen LogP contribution in [0.4, 0.5) is 22.1 Å². The van der Waals surface area contributed by atoms with E-state index in [-0.39, 0.29) is 41.1 Å². The smallest absolute Gasteiger partial charge is 0.328 e. The van der Waals surface area contributed by atoms with Crippen molar-refractivity contribution in [3.05, 3.63) is 40.7 Å². The van der Waals surface area contributed by atoms with E-state index in [4.69, 9.17) is 15.7 Å². The van der Waals surface area contributed by atoms with Crippen LogP contribution in [0.15, 0.2) is 18.3 Å². The van der Waals surface area contributed by atoms with Crippen molar-refractivity contribution in [3.8, 4) is 6.07 Å². The minimum atomic E-state index is -0.469. The summed E-state index contributed by atoms with van der Waals surface area (Å²) in [5.41, 5.74) is 7.86. The van der Waals surface area contributed by atoms with Crippen LogP contribution in [0.3, 0.4) is 0 Å². The predicted octanol–water partition coefficient (Wildman–Crippen LogP) is 1.72. The van der Waals surface area contributed by atoms with E-state index in [2.05, 4.69) is 15.3 Å². The SMILES string of the molecule is CN(Cc1cc2c(nc1C=O)N(C(=O)Nc1cc(N)c(C#N)cn1)CCC2)C(=O)C1CCOC1. The fourth-order valence-corrected chi connectivity index (χ4v) is 4.17. The normalized spacial score (nSPS) is 16.9. The maximum Gasteiger partial charge on any atom is 0.328 e. The second-order valence-corrected chi connectivity index (χ2v) is 8.34. The molecule has 3 amide bonds. The number of aldehydes is 1. The van der Waals surface area contributed by atoms with Crippen molar-refractivity contribution in [2.45, 2.75) is 25.8 Å². The third kappa shape index (κ3) is 4.67. The fourth-order valence-electron chi connectivity index (χ4n) is 4.17. The number of carbonyl (C=O) groups excluding carboxylic acids is 3. The summed E-state index contributed by atoms with van der Waals surface area (Å²) in [5, 5.41) is 11.7. The molecule has 1 unspecified atom stereocenters. The monoisotopic (exact) mass is 463 g/mol. The first-order valence-electron chi connectivity index (χ1n) is 11.0. The van der Waals surface area contributed by atoms with Crippen LogP contribution >= 0.6 is 0 Å². The number of pyridine rings is 2. The molecule has 3 N–H and O–H groups in total. The van der Waals surface area contributed by atoms with E-state index in [1.807, 2.05) is 12.1 Å². The average Bonchev–Trinajstić information content (AvgIpc) is 3.37. The molecule has 0 radical (unpaired) electrons. The molecule has 0 spiro atoms. The van der Waals surface area contributed by atoms with Crippen molar-refractivity contribution < 1.29 is 19.1 Å². The summed E-state index contributed by atoms with van der Waals surface area (Å²) in [6.07, 6.45) is 4.02. The third-order valence-electron chi connectivity index (χ3n) is 5.99. The topological polar surface area (TPSA) is 155 Å². The number of amides is 3. The molecular weight excluding hydrogens is 438 g/mol. The number of nitriles is 1. The number of nitrogen functional groups attached to an aromatic ring is 1. The first-order chi connectivity index (χ1) is 16.4. The summed E-state index contributed by atoms with van der Waals surface area (Å²) in [6.45, 7) is 1.64. The Hall–Kier alpha value is -4.04. The molecule has 176 valence electrons. The van der Waals surface area contributed by atoms with E-state index < -0.39 is 6.03 Å². The van der Waals surface area contributed by atoms with Crippen LogP contribution in [0.25, 0.3) is 0 Å². The molecule has 2 aromatic rings. The molecule has 1 fully saturated rings. The highest BCUT2D eigenvalue weighted by molar-refractivity contribution is 6.01. The number of fused-ring (bicyclic) bond motifs is 1. The Morgan fingerprint density at radius 1 is 1.44 bits per heavy atom. The van der Waals surface area contributed by atoms with E-state index in [9.17, 15) is 14.4 Å². The highest BCUT2D eigenvalue weighted by Gasteiger charge is 2.29. The van der Waals surface area contributed by atoms with Crippen molar-refractivity contribution >= 4 is 35.5 Å². The number of urea groups is 1. The van der Waals surface area contributed by atoms with Gasteiger partial charge in [0.05, 0.1) is 23.8 Å². The summed E-state index contributed by atoms with van der Waals surface area (Å²) in [7, 11) is 1.70. The van der Waals surface area contributed by atoms with Crippen molar-refractivity contribution in [3.63, 3.8) is 0 Å². The van der Waals surface area contributed by atoms with Gasteiger partial charge in [0.1, 0.15) is 23.4 Å². The zero-order valence-electron chi connectivity index (χ0n) is 18.8. The maximum atomic E-state index is 13.0. The van der Waals surface area contributed by atoms with Gasteiger partial charge in [0.25, 0.3) is 0 Å². The molecule has 4 heterocycles. The lowest BCUT2D eigenvalue weighted by Gasteiger charge is -2.29. The summed E-state index contributed by atoms with van der Waals surface area (Å²) >= 11 is 0. The van der Waals surface area contributed by atoms with Gasteiger partial charge in [0, 0.05) is 44.6 Å². The highest BCUT2D eigenvalue weighted by atomic mass is 16.5. The molecule has 1 saturated heterocycles. The summed E-state index contributed by atoms with van der Waals surface area (Å²) in [5.74, 6) is 0.410. The quantitative estimate of drug-likeness (QED) is 0.635. The van der Waals surface area contributed by atoms with Crippen LogP contribution in [0.5, 0.6) is 0 Å². The Morgan fingerprint density at radius 3 is 2.94 bits per heavy atom. The third-order valence-corrected chi connectivity index (χ3v) is 5.99. The van der Waals surface area contributed by atoms with Gasteiger partial charge in [0.2, 0.25) is 5.91 Å². The van der Waals surface area contributed by atoms with Crippen LogP contribution in [0.1, 0.15) is 40.0 Å². The van der Waals surface area contributed by atoms with Gasteiger partial charge in [-0.2, -0.15) is 5.26 Å². The Labute approximate surface area is 196 Å². The number of nitrogens with one attached hydrogen (secondary N) is 1. The lowest BCUT2D eigenvalue weighted by Crippen LogP contribution is -2.40. The number of hydrogen-bond donors (Lipinski definition) is 2. The van der Waals surface area contributed by atoms with Crippen LogP contribution in [0, 0.1) is 17.2 Å². The minimum absolute atomic E-state index is 0.0257. The standard InChI is InChI=1S/C23H25N7O4/c1-29(22(32)15-4-6-34-13-15)11-16-7-14-3-2-5-30(21(14)27-19(16)12-31)23(33)28-20-8-18(25)17(9-24)10-26-20/h7-8,10,12,15H,2-6,11,13H2,1H3,(H3,25,26,28,33). The van der Waals surface area contributed by atoms with Gasteiger partial charge in [0.15, 0.2) is 6.29 Å². The van der Waals surface area contributed by atoms with E-state index >= 15 is 0 Å². The molecule has 11 heteroatoms. The lowest BCUT2D eigenvalue weighted by atomic mass is 10.0. The Bertz CT molecular complexity index is 1170. The zero-order valence-corrected chi connectivity index (χ0v) is 18.8. The zero-order chi connectivity index (χ0) is 24.2. The van der Waals surface area contributed by atoms with Gasteiger partial charge in [-0.3, -0.25) is 19.8 Å². The van der Waals surface area contributed by atoms with E-state index in [1.165, 1.54) is 17.2 Å². The molecule has 4 rings (SSSR count). The van der Waals surface area contributed by atoms with Crippen molar-refractivity contribution in [1.29, 1.82) is 5.26 Å². The second-order valence-electron chi connectivity index (χ2n) is 8.34. The first-order valence-corrected chi connectivity index (χ1v) is 11.0. The molecular formula is C23H25N7O4. The summed E-state index contributed by atoms with van der Waals surface area (Å²) in [6, 6.07) is 4.71. The molecule has 0 aliphatic carbocycles. The van der Waals surface area contributed by atoms with Crippen molar-refractivity contribution in [2.75, 3.05) is 42.8 Å². The van der Waals surface area contributed by atoms with E-state index in [0.717, 1.165) is 5.56 Å². The van der Waals surface area contributed by atoms with Gasteiger partial charge >= 0.3 is 6.03 Å². The molecule has 2 aliphatic heterocycles. The molecule has 2 aromatic heterocycles. The molecule has 1 atom stereocenters. The number of carbonyl (C=O) groups is 3. The van der Waals surface area contributed by atoms with Gasteiger partial charge in [-0.25, -0.2) is 14.8 Å². The number of anilines is 3. The highest BCUT2D eigenvalue weighted by Crippen LogP contribution is 2.29. The largest absolute Gasteiger partial charge is 0.398 e. The molecule has 0 aromatic carbocycles. The molecule has 11 nitrogen and oxygen atoms in total. The van der Waals surface area contributed by atoms with Gasteiger partial charge in [-0.05, 0) is 30.9 Å². The summed E-state index contributed by atoms with van der Waals surface area (Å²) in [4.78, 5) is 49.0. The molecule has 0 saturated carbocycles. The number of ether oxygens (including phenoxy) is 1. The fraction of sp³-hybridized carbons (Fsp3) is 0.391.